The summed E-state index contributed by atoms with van der Waals surface area (Å²) >= 11 is 0. The second kappa shape index (κ2) is 7.18. The van der Waals surface area contributed by atoms with Gasteiger partial charge in [-0.1, -0.05) is 26.7 Å². The molecule has 0 saturated carbocycles. The minimum absolute atomic E-state index is 0.275. The Balaban J connectivity index is 3.25. The van der Waals surface area contributed by atoms with Crippen molar-refractivity contribution in [3.8, 4) is 12.3 Å². The van der Waals surface area contributed by atoms with E-state index in [-0.39, 0.29) is 6.04 Å². The standard InChI is InChI=1S/C11H21N/c1-5-11(6-2)12-9-7-8-10(3)4/h1,10-12H,6-9H2,2-4H3. The monoisotopic (exact) mass is 167 g/mol. The van der Waals surface area contributed by atoms with E-state index in [2.05, 4.69) is 32.0 Å². The van der Waals surface area contributed by atoms with Crippen molar-refractivity contribution >= 4 is 0 Å². The Kier molecular flexibility index (Phi) is 6.90. The van der Waals surface area contributed by atoms with Crippen molar-refractivity contribution in [2.45, 2.75) is 46.1 Å². The SMILES string of the molecule is C#CC(CC)NCCCC(C)C. The van der Waals surface area contributed by atoms with Gasteiger partial charge in [-0.25, -0.2) is 0 Å². The van der Waals surface area contributed by atoms with Gasteiger partial charge in [-0.2, -0.15) is 0 Å². The van der Waals surface area contributed by atoms with Crippen LogP contribution in [0.3, 0.4) is 0 Å². The molecule has 0 bridgehead atoms. The van der Waals surface area contributed by atoms with E-state index in [1.165, 1.54) is 12.8 Å². The lowest BCUT2D eigenvalue weighted by Crippen LogP contribution is -2.27. The van der Waals surface area contributed by atoms with E-state index in [1.54, 1.807) is 0 Å². The molecule has 0 heterocycles. The van der Waals surface area contributed by atoms with Gasteiger partial charge in [-0.05, 0) is 31.7 Å². The van der Waals surface area contributed by atoms with Gasteiger partial charge >= 0.3 is 0 Å². The minimum Gasteiger partial charge on any atom is -0.304 e. The van der Waals surface area contributed by atoms with Gasteiger partial charge in [0, 0.05) is 0 Å². The first-order valence-corrected chi connectivity index (χ1v) is 4.90. The lowest BCUT2D eigenvalue weighted by Gasteiger charge is -2.10. The quantitative estimate of drug-likeness (QED) is 0.473. The molecule has 1 nitrogen and oxygen atoms in total. The Morgan fingerprint density at radius 1 is 1.42 bits per heavy atom. The smallest absolute Gasteiger partial charge is 0.0684 e. The molecular formula is C11H21N. The third-order valence-electron chi connectivity index (χ3n) is 1.96. The first kappa shape index (κ1) is 11.5. The van der Waals surface area contributed by atoms with Crippen LogP contribution >= 0.6 is 0 Å². The average Bonchev–Trinajstić information content (AvgIpc) is 2.04. The van der Waals surface area contributed by atoms with Crippen molar-refractivity contribution in [1.82, 2.24) is 5.32 Å². The lowest BCUT2D eigenvalue weighted by molar-refractivity contribution is 0.506. The highest BCUT2D eigenvalue weighted by molar-refractivity contribution is 4.97. The topological polar surface area (TPSA) is 12.0 Å². The van der Waals surface area contributed by atoms with Crippen molar-refractivity contribution in [2.75, 3.05) is 6.54 Å². The van der Waals surface area contributed by atoms with Crippen LogP contribution < -0.4 is 5.32 Å². The molecular weight excluding hydrogens is 146 g/mol. The van der Waals surface area contributed by atoms with E-state index >= 15 is 0 Å². The Hall–Kier alpha value is -0.480. The summed E-state index contributed by atoms with van der Waals surface area (Å²) in [5.74, 6) is 3.53. The Labute approximate surface area is 76.9 Å². The van der Waals surface area contributed by atoms with Crippen molar-refractivity contribution < 1.29 is 0 Å². The molecule has 1 atom stereocenters. The molecule has 0 rings (SSSR count). The molecule has 0 saturated heterocycles. The second-order valence-electron chi connectivity index (χ2n) is 3.62. The van der Waals surface area contributed by atoms with Crippen LogP contribution in [-0.4, -0.2) is 12.6 Å². The number of hydrogen-bond donors (Lipinski definition) is 1. The summed E-state index contributed by atoms with van der Waals surface area (Å²) < 4.78 is 0. The molecule has 1 unspecified atom stereocenters. The Bertz CT molecular complexity index is 132. The van der Waals surface area contributed by atoms with Crippen LogP contribution in [0.25, 0.3) is 0 Å². The van der Waals surface area contributed by atoms with Crippen molar-refractivity contribution in [3.05, 3.63) is 0 Å². The van der Waals surface area contributed by atoms with Crippen LogP contribution in [0.2, 0.25) is 0 Å². The van der Waals surface area contributed by atoms with E-state index in [1.807, 2.05) is 0 Å². The maximum atomic E-state index is 5.31. The third kappa shape index (κ3) is 6.24. The van der Waals surface area contributed by atoms with E-state index in [4.69, 9.17) is 6.42 Å². The third-order valence-corrected chi connectivity index (χ3v) is 1.96. The first-order chi connectivity index (χ1) is 5.70. The number of hydrogen-bond acceptors (Lipinski definition) is 1. The highest BCUT2D eigenvalue weighted by Gasteiger charge is 1.99. The van der Waals surface area contributed by atoms with Gasteiger partial charge in [0.25, 0.3) is 0 Å². The van der Waals surface area contributed by atoms with Crippen molar-refractivity contribution in [3.63, 3.8) is 0 Å². The Morgan fingerprint density at radius 3 is 2.50 bits per heavy atom. The summed E-state index contributed by atoms with van der Waals surface area (Å²) in [5, 5.41) is 3.34. The average molecular weight is 167 g/mol. The van der Waals surface area contributed by atoms with Gasteiger partial charge in [0.1, 0.15) is 0 Å². The van der Waals surface area contributed by atoms with Crippen LogP contribution in [-0.2, 0) is 0 Å². The molecule has 0 aliphatic carbocycles. The number of rotatable bonds is 6. The second-order valence-corrected chi connectivity index (χ2v) is 3.62. The maximum absolute atomic E-state index is 5.31. The van der Waals surface area contributed by atoms with Crippen molar-refractivity contribution in [2.24, 2.45) is 5.92 Å². The molecule has 0 aromatic carbocycles. The van der Waals surface area contributed by atoms with E-state index in [9.17, 15) is 0 Å². The van der Waals surface area contributed by atoms with Crippen LogP contribution in [0.1, 0.15) is 40.0 Å². The van der Waals surface area contributed by atoms with Crippen LogP contribution in [0.4, 0.5) is 0 Å². The minimum atomic E-state index is 0.275. The predicted octanol–water partition coefficient (Wildman–Crippen LogP) is 2.42. The van der Waals surface area contributed by atoms with Gasteiger partial charge in [-0.15, -0.1) is 6.42 Å². The van der Waals surface area contributed by atoms with E-state index in [0.717, 1.165) is 18.9 Å². The van der Waals surface area contributed by atoms with Crippen LogP contribution in [0.15, 0.2) is 0 Å². The van der Waals surface area contributed by atoms with Gasteiger partial charge in [0.15, 0.2) is 0 Å². The summed E-state index contributed by atoms with van der Waals surface area (Å²) in [7, 11) is 0. The summed E-state index contributed by atoms with van der Waals surface area (Å²) in [6.07, 6.45) is 8.86. The predicted molar refractivity (Wildman–Crippen MR) is 55.0 cm³/mol. The molecule has 1 heteroatoms. The Morgan fingerprint density at radius 2 is 2.08 bits per heavy atom. The fourth-order valence-corrected chi connectivity index (χ4v) is 1.11. The highest BCUT2D eigenvalue weighted by Crippen LogP contribution is 2.02. The largest absolute Gasteiger partial charge is 0.304 e. The molecule has 70 valence electrons. The van der Waals surface area contributed by atoms with Gasteiger partial charge in [0.05, 0.1) is 6.04 Å². The molecule has 12 heavy (non-hydrogen) atoms. The molecule has 0 amide bonds. The highest BCUT2D eigenvalue weighted by atomic mass is 14.9. The van der Waals surface area contributed by atoms with Gasteiger partial charge in [0.2, 0.25) is 0 Å². The molecule has 0 aromatic rings. The zero-order valence-electron chi connectivity index (χ0n) is 8.56. The van der Waals surface area contributed by atoms with Crippen LogP contribution in [0, 0.1) is 18.3 Å². The van der Waals surface area contributed by atoms with Gasteiger partial charge in [-0.3, -0.25) is 0 Å². The molecule has 0 aliphatic heterocycles. The number of nitrogens with one attached hydrogen (secondary N) is 1. The zero-order chi connectivity index (χ0) is 9.40. The van der Waals surface area contributed by atoms with E-state index < -0.39 is 0 Å². The fourth-order valence-electron chi connectivity index (χ4n) is 1.11. The normalized spacial score (nSPS) is 12.9. The molecule has 1 N–H and O–H groups in total. The van der Waals surface area contributed by atoms with E-state index in [0.29, 0.717) is 0 Å². The molecule has 0 fully saturated rings. The number of terminal acetylenes is 1. The molecule has 0 radical (unpaired) electrons. The summed E-state index contributed by atoms with van der Waals surface area (Å²) in [6, 6.07) is 0.275. The maximum Gasteiger partial charge on any atom is 0.0684 e. The molecule has 0 spiro atoms. The summed E-state index contributed by atoms with van der Waals surface area (Å²) in [6.45, 7) is 7.66. The molecule has 0 aliphatic rings. The fraction of sp³-hybridized carbons (Fsp3) is 0.818. The summed E-state index contributed by atoms with van der Waals surface area (Å²) in [4.78, 5) is 0. The van der Waals surface area contributed by atoms with Crippen LogP contribution in [0.5, 0.6) is 0 Å². The zero-order valence-corrected chi connectivity index (χ0v) is 8.56. The summed E-state index contributed by atoms with van der Waals surface area (Å²) in [5.41, 5.74) is 0. The molecule has 0 aromatic heterocycles. The van der Waals surface area contributed by atoms with Crippen molar-refractivity contribution in [1.29, 1.82) is 0 Å². The lowest BCUT2D eigenvalue weighted by atomic mass is 10.1. The first-order valence-electron chi connectivity index (χ1n) is 4.90. The van der Waals surface area contributed by atoms with Gasteiger partial charge < -0.3 is 5.32 Å².